The van der Waals surface area contributed by atoms with Crippen molar-refractivity contribution >= 4 is 17.5 Å². The molecule has 142 valence electrons. The van der Waals surface area contributed by atoms with Crippen molar-refractivity contribution < 1.29 is 9.59 Å². The molecule has 1 atom stereocenters. The molecule has 2 heterocycles. The summed E-state index contributed by atoms with van der Waals surface area (Å²) in [7, 11) is 0. The summed E-state index contributed by atoms with van der Waals surface area (Å²) in [6, 6.07) is 13.6. The Morgan fingerprint density at radius 1 is 1.07 bits per heavy atom. The highest BCUT2D eigenvalue weighted by molar-refractivity contribution is 6.08. The third-order valence-corrected chi connectivity index (χ3v) is 5.46. The highest BCUT2D eigenvalue weighted by Gasteiger charge is 2.36. The first kappa shape index (κ1) is 18.2. The molecule has 1 N–H and O–H groups in total. The Bertz CT molecular complexity index is 1110. The molecule has 0 fully saturated rings. The van der Waals surface area contributed by atoms with E-state index in [0.717, 1.165) is 33.6 Å². The minimum atomic E-state index is -0.524. The molecule has 3 aromatic rings. The lowest BCUT2D eigenvalue weighted by molar-refractivity contribution is -0.116. The molecule has 2 aromatic carbocycles. The van der Waals surface area contributed by atoms with E-state index < -0.39 is 5.92 Å². The standard InChI is InChI=1S/C23H23N3O2/c1-13-6-5-7-18(10-13)26-23-21(16(4)25-26)19(12-20(27)24-23)22(28)17-9-8-14(2)15(3)11-17/h5-11,19H,12H2,1-4H3,(H,24,27). The Morgan fingerprint density at radius 3 is 2.57 bits per heavy atom. The molecule has 0 saturated carbocycles. The van der Waals surface area contributed by atoms with Gasteiger partial charge in [0.2, 0.25) is 5.91 Å². The molecule has 0 bridgehead atoms. The zero-order chi connectivity index (χ0) is 20.0. The molecule has 5 nitrogen and oxygen atoms in total. The fourth-order valence-corrected chi connectivity index (χ4v) is 3.81. The highest BCUT2D eigenvalue weighted by Crippen LogP contribution is 2.38. The van der Waals surface area contributed by atoms with E-state index in [1.54, 1.807) is 4.68 Å². The summed E-state index contributed by atoms with van der Waals surface area (Å²) in [5.41, 5.74) is 6.38. The third kappa shape index (κ3) is 3.03. The molecule has 1 aromatic heterocycles. The fraction of sp³-hybridized carbons (Fsp3) is 0.261. The van der Waals surface area contributed by atoms with Crippen LogP contribution >= 0.6 is 0 Å². The van der Waals surface area contributed by atoms with Crippen LogP contribution in [0.4, 0.5) is 5.82 Å². The van der Waals surface area contributed by atoms with Gasteiger partial charge in [-0.3, -0.25) is 9.59 Å². The van der Waals surface area contributed by atoms with E-state index in [2.05, 4.69) is 10.4 Å². The fourth-order valence-electron chi connectivity index (χ4n) is 3.81. The second-order valence-corrected chi connectivity index (χ2v) is 7.57. The largest absolute Gasteiger partial charge is 0.310 e. The summed E-state index contributed by atoms with van der Waals surface area (Å²) in [6.07, 6.45) is 0.138. The van der Waals surface area contributed by atoms with Crippen molar-refractivity contribution in [3.05, 3.63) is 76.0 Å². The number of ketones is 1. The van der Waals surface area contributed by atoms with Crippen molar-refractivity contribution in [2.45, 2.75) is 40.0 Å². The van der Waals surface area contributed by atoms with Crippen molar-refractivity contribution in [1.82, 2.24) is 9.78 Å². The van der Waals surface area contributed by atoms with Gasteiger partial charge >= 0.3 is 0 Å². The Morgan fingerprint density at radius 2 is 1.86 bits per heavy atom. The number of aromatic nitrogens is 2. The first-order valence-electron chi connectivity index (χ1n) is 9.43. The average Bonchev–Trinajstić information content (AvgIpc) is 2.99. The van der Waals surface area contributed by atoms with Crippen molar-refractivity contribution in [3.8, 4) is 5.69 Å². The van der Waals surface area contributed by atoms with Crippen molar-refractivity contribution in [3.63, 3.8) is 0 Å². The molecule has 1 aliphatic heterocycles. The minimum Gasteiger partial charge on any atom is -0.310 e. The van der Waals surface area contributed by atoms with Gasteiger partial charge in [-0.2, -0.15) is 5.10 Å². The number of nitrogens with one attached hydrogen (secondary N) is 1. The molecule has 0 radical (unpaired) electrons. The van der Waals surface area contributed by atoms with Crippen molar-refractivity contribution in [2.75, 3.05) is 5.32 Å². The molecule has 28 heavy (non-hydrogen) atoms. The van der Waals surface area contributed by atoms with E-state index in [-0.39, 0.29) is 18.1 Å². The first-order valence-corrected chi connectivity index (χ1v) is 9.43. The molecule has 4 rings (SSSR count). The van der Waals surface area contributed by atoms with Crippen molar-refractivity contribution in [2.24, 2.45) is 0 Å². The van der Waals surface area contributed by atoms with Gasteiger partial charge in [-0.1, -0.05) is 24.3 Å². The van der Waals surface area contributed by atoms with Crippen LogP contribution in [-0.4, -0.2) is 21.5 Å². The SMILES string of the molecule is Cc1cccc(-n2nc(C)c3c2NC(=O)CC3C(=O)c2ccc(C)c(C)c2)c1. The van der Waals surface area contributed by atoms with Gasteiger partial charge < -0.3 is 5.32 Å². The Hall–Kier alpha value is -3.21. The number of anilines is 1. The van der Waals surface area contributed by atoms with Crippen LogP contribution in [0.1, 0.15) is 50.6 Å². The summed E-state index contributed by atoms with van der Waals surface area (Å²) in [4.78, 5) is 25.8. The topological polar surface area (TPSA) is 64.0 Å². The second kappa shape index (κ2) is 6.75. The summed E-state index contributed by atoms with van der Waals surface area (Å²) < 4.78 is 1.73. The molecule has 1 amide bonds. The number of hydrogen-bond acceptors (Lipinski definition) is 3. The van der Waals surface area contributed by atoms with Gasteiger partial charge in [-0.05, 0) is 62.6 Å². The lowest BCUT2D eigenvalue weighted by atomic mass is 9.85. The van der Waals surface area contributed by atoms with E-state index in [0.29, 0.717) is 11.4 Å². The number of amides is 1. The molecule has 0 saturated heterocycles. The van der Waals surface area contributed by atoms with Gasteiger partial charge in [0, 0.05) is 17.5 Å². The summed E-state index contributed by atoms with van der Waals surface area (Å²) >= 11 is 0. The maximum atomic E-state index is 13.3. The molecule has 0 spiro atoms. The Labute approximate surface area is 164 Å². The van der Waals surface area contributed by atoms with Crippen LogP contribution in [0.25, 0.3) is 5.69 Å². The van der Waals surface area contributed by atoms with Crippen LogP contribution in [-0.2, 0) is 4.79 Å². The monoisotopic (exact) mass is 373 g/mol. The number of aryl methyl sites for hydroxylation is 4. The van der Waals surface area contributed by atoms with Crippen LogP contribution in [0.15, 0.2) is 42.5 Å². The van der Waals surface area contributed by atoms with Crippen LogP contribution in [0.3, 0.4) is 0 Å². The maximum absolute atomic E-state index is 13.3. The quantitative estimate of drug-likeness (QED) is 0.692. The molecular weight excluding hydrogens is 350 g/mol. The van der Waals surface area contributed by atoms with Gasteiger partial charge in [0.25, 0.3) is 0 Å². The molecule has 1 unspecified atom stereocenters. The van der Waals surface area contributed by atoms with E-state index in [9.17, 15) is 9.59 Å². The lowest BCUT2D eigenvalue weighted by Gasteiger charge is -2.23. The van der Waals surface area contributed by atoms with Gasteiger partial charge in [0.1, 0.15) is 5.82 Å². The van der Waals surface area contributed by atoms with Gasteiger partial charge in [0.05, 0.1) is 17.3 Å². The number of carbonyl (C=O) groups excluding carboxylic acids is 2. The Kier molecular flexibility index (Phi) is 4.38. The number of rotatable bonds is 3. The zero-order valence-corrected chi connectivity index (χ0v) is 16.5. The van der Waals surface area contributed by atoms with Crippen molar-refractivity contribution in [1.29, 1.82) is 0 Å². The number of hydrogen-bond donors (Lipinski definition) is 1. The normalized spacial score (nSPS) is 15.9. The molecular formula is C23H23N3O2. The summed E-state index contributed by atoms with van der Waals surface area (Å²) in [6.45, 7) is 7.91. The average molecular weight is 373 g/mol. The number of Topliss-reactive ketones (excluding diaryl/α,β-unsaturated/α-hetero) is 1. The summed E-state index contributed by atoms with van der Waals surface area (Å²) in [5.74, 6) is -0.125. The second-order valence-electron chi connectivity index (χ2n) is 7.57. The van der Waals surface area contributed by atoms with E-state index in [4.69, 9.17) is 0 Å². The number of benzene rings is 2. The van der Waals surface area contributed by atoms with E-state index >= 15 is 0 Å². The smallest absolute Gasteiger partial charge is 0.226 e. The number of nitrogens with zero attached hydrogens (tertiary/aromatic N) is 2. The maximum Gasteiger partial charge on any atom is 0.226 e. The Balaban J connectivity index is 1.82. The first-order chi connectivity index (χ1) is 13.3. The van der Waals surface area contributed by atoms with Crippen LogP contribution < -0.4 is 5.32 Å². The molecule has 0 aliphatic carbocycles. The number of fused-ring (bicyclic) bond motifs is 1. The highest BCUT2D eigenvalue weighted by atomic mass is 16.2. The number of carbonyl (C=O) groups is 2. The van der Waals surface area contributed by atoms with Crippen LogP contribution in [0.2, 0.25) is 0 Å². The third-order valence-electron chi connectivity index (χ3n) is 5.46. The minimum absolute atomic E-state index is 0.0360. The van der Waals surface area contributed by atoms with Crippen LogP contribution in [0.5, 0.6) is 0 Å². The zero-order valence-electron chi connectivity index (χ0n) is 16.5. The molecule has 5 heteroatoms. The van der Waals surface area contributed by atoms with E-state index in [1.807, 2.05) is 70.2 Å². The van der Waals surface area contributed by atoms with Gasteiger partial charge in [0.15, 0.2) is 5.78 Å². The van der Waals surface area contributed by atoms with Gasteiger partial charge in [-0.15, -0.1) is 0 Å². The summed E-state index contributed by atoms with van der Waals surface area (Å²) in [5, 5.41) is 7.58. The molecule has 1 aliphatic rings. The predicted molar refractivity (Wildman–Crippen MR) is 109 cm³/mol. The van der Waals surface area contributed by atoms with Crippen LogP contribution in [0, 0.1) is 27.7 Å². The predicted octanol–water partition coefficient (Wildman–Crippen LogP) is 4.41. The lowest BCUT2D eigenvalue weighted by Crippen LogP contribution is -2.28. The van der Waals surface area contributed by atoms with Gasteiger partial charge in [-0.25, -0.2) is 4.68 Å². The van der Waals surface area contributed by atoms with E-state index in [1.165, 1.54) is 0 Å².